The molecule has 2 rings (SSSR count). The molecule has 0 aliphatic carbocycles. The van der Waals surface area contributed by atoms with E-state index in [4.69, 9.17) is 0 Å². The van der Waals surface area contributed by atoms with Gasteiger partial charge in [-0.2, -0.15) is 0 Å². The lowest BCUT2D eigenvalue weighted by Crippen LogP contribution is -2.36. The molecule has 0 fully saturated rings. The molecule has 6 heteroatoms. The lowest BCUT2D eigenvalue weighted by molar-refractivity contribution is 0.807. The molecule has 0 atom stereocenters. The molecule has 0 unspecified atom stereocenters. The van der Waals surface area contributed by atoms with Crippen molar-refractivity contribution in [2.24, 2.45) is 4.99 Å². The molecule has 3 nitrogen and oxygen atoms in total. The molecule has 1 aromatic carbocycles. The highest BCUT2D eigenvalue weighted by Gasteiger charge is 2.04. The zero-order valence-electron chi connectivity index (χ0n) is 14.0. The van der Waals surface area contributed by atoms with Gasteiger partial charge in [-0.15, -0.1) is 47.1 Å². The normalized spacial score (nSPS) is 11.0. The molecule has 0 amide bonds. The van der Waals surface area contributed by atoms with Gasteiger partial charge in [0.05, 0.1) is 6.54 Å². The van der Waals surface area contributed by atoms with Crippen molar-refractivity contribution in [3.63, 3.8) is 0 Å². The van der Waals surface area contributed by atoms with E-state index in [0.717, 1.165) is 19.0 Å². The Kier molecular flexibility index (Phi) is 9.01. The maximum Gasteiger partial charge on any atom is 0.191 e. The van der Waals surface area contributed by atoms with E-state index in [1.54, 1.807) is 18.8 Å². The molecule has 0 radical (unpaired) electrons. The number of nitrogens with zero attached hydrogens (tertiary/aromatic N) is 1. The maximum atomic E-state index is 4.29. The third-order valence-electron chi connectivity index (χ3n) is 3.34. The first-order valence-corrected chi connectivity index (χ1v) is 9.30. The van der Waals surface area contributed by atoms with Crippen molar-refractivity contribution in [2.45, 2.75) is 31.8 Å². The number of halogens is 1. The molecule has 1 aromatic heterocycles. The van der Waals surface area contributed by atoms with E-state index in [2.05, 4.69) is 66.1 Å². The Morgan fingerprint density at radius 2 is 1.87 bits per heavy atom. The molecule has 0 saturated carbocycles. The largest absolute Gasteiger partial charge is 0.352 e. The van der Waals surface area contributed by atoms with Crippen LogP contribution in [0.3, 0.4) is 0 Å². The van der Waals surface area contributed by atoms with Crippen molar-refractivity contribution in [1.82, 2.24) is 10.6 Å². The maximum absolute atomic E-state index is 4.29. The van der Waals surface area contributed by atoms with Crippen molar-refractivity contribution in [3.8, 4) is 0 Å². The van der Waals surface area contributed by atoms with Crippen LogP contribution < -0.4 is 10.6 Å². The fourth-order valence-corrected chi connectivity index (χ4v) is 3.68. The summed E-state index contributed by atoms with van der Waals surface area (Å²) in [4.78, 5) is 8.26. The summed E-state index contributed by atoms with van der Waals surface area (Å²) in [5.41, 5.74) is 2.59. The first kappa shape index (κ1) is 20.3. The highest BCUT2D eigenvalue weighted by molar-refractivity contribution is 14.0. The first-order chi connectivity index (χ1) is 10.6. The van der Waals surface area contributed by atoms with Gasteiger partial charge < -0.3 is 10.6 Å². The van der Waals surface area contributed by atoms with E-state index in [-0.39, 0.29) is 24.0 Å². The lowest BCUT2D eigenvalue weighted by Gasteiger charge is -2.13. The summed E-state index contributed by atoms with van der Waals surface area (Å²) < 4.78 is 0. The van der Waals surface area contributed by atoms with E-state index < -0.39 is 0 Å². The number of thiophene rings is 1. The molecule has 2 N–H and O–H groups in total. The number of hydrogen-bond acceptors (Lipinski definition) is 3. The van der Waals surface area contributed by atoms with Crippen LogP contribution in [0.5, 0.6) is 0 Å². The van der Waals surface area contributed by atoms with Crippen molar-refractivity contribution in [1.29, 1.82) is 0 Å². The highest BCUT2D eigenvalue weighted by Crippen LogP contribution is 2.21. The number of rotatable bonds is 5. The minimum Gasteiger partial charge on any atom is -0.352 e. The number of aryl methyl sites for hydroxylation is 2. The minimum absolute atomic E-state index is 0. The van der Waals surface area contributed by atoms with Gasteiger partial charge in [0.25, 0.3) is 0 Å². The van der Waals surface area contributed by atoms with Crippen LogP contribution in [-0.4, -0.2) is 19.3 Å². The fourth-order valence-electron chi connectivity index (χ4n) is 2.15. The lowest BCUT2D eigenvalue weighted by atomic mass is 10.1. The third-order valence-corrected chi connectivity index (χ3v) is 5.16. The van der Waals surface area contributed by atoms with Crippen molar-refractivity contribution < 1.29 is 0 Å². The van der Waals surface area contributed by atoms with Gasteiger partial charge in [-0.05, 0) is 49.4 Å². The van der Waals surface area contributed by atoms with Crippen LogP contribution in [0, 0.1) is 13.8 Å². The van der Waals surface area contributed by atoms with Crippen LogP contribution in [0.1, 0.15) is 20.9 Å². The summed E-state index contributed by atoms with van der Waals surface area (Å²) in [5.74, 6) is 0.832. The van der Waals surface area contributed by atoms with Crippen LogP contribution in [-0.2, 0) is 13.1 Å². The first-order valence-electron chi connectivity index (χ1n) is 7.25. The number of benzene rings is 1. The molecule has 0 aliphatic rings. The van der Waals surface area contributed by atoms with Gasteiger partial charge in [-0.1, -0.05) is 12.1 Å². The van der Waals surface area contributed by atoms with E-state index in [9.17, 15) is 0 Å². The zero-order chi connectivity index (χ0) is 15.9. The molecule has 0 bridgehead atoms. The summed E-state index contributed by atoms with van der Waals surface area (Å²) in [6.07, 6.45) is 2.12. The predicted octanol–water partition coefficient (Wildman–Crippen LogP) is 4.57. The average molecular weight is 461 g/mol. The molecule has 126 valence electrons. The van der Waals surface area contributed by atoms with Crippen LogP contribution in [0.2, 0.25) is 0 Å². The third kappa shape index (κ3) is 6.35. The summed E-state index contributed by atoms with van der Waals surface area (Å²) in [7, 11) is 1.81. The summed E-state index contributed by atoms with van der Waals surface area (Å²) in [6.45, 7) is 5.84. The van der Waals surface area contributed by atoms with Gasteiger partial charge in [0, 0.05) is 28.2 Å². The van der Waals surface area contributed by atoms with Gasteiger partial charge >= 0.3 is 0 Å². The van der Waals surface area contributed by atoms with Crippen LogP contribution in [0.15, 0.2) is 40.2 Å². The monoisotopic (exact) mass is 461 g/mol. The number of thioether (sulfide) groups is 1. The van der Waals surface area contributed by atoms with Crippen molar-refractivity contribution >= 4 is 53.0 Å². The topological polar surface area (TPSA) is 36.4 Å². The van der Waals surface area contributed by atoms with Crippen LogP contribution in [0.4, 0.5) is 0 Å². The number of guanidine groups is 1. The predicted molar refractivity (Wildman–Crippen MR) is 114 cm³/mol. The SMILES string of the molecule is CN=C(NCc1ccc(C)s1)NCc1ccc(C)cc1SC.I. The molecule has 0 spiro atoms. The Labute approximate surface area is 164 Å². The molecule has 0 aliphatic heterocycles. The quantitative estimate of drug-likeness (QED) is 0.297. The van der Waals surface area contributed by atoms with Gasteiger partial charge in [0.1, 0.15) is 0 Å². The Balaban J connectivity index is 0.00000264. The molecule has 0 saturated heterocycles. The van der Waals surface area contributed by atoms with Gasteiger partial charge in [-0.3, -0.25) is 4.99 Å². The Bertz CT molecular complexity index is 653. The van der Waals surface area contributed by atoms with E-state index in [1.165, 1.54) is 25.8 Å². The second kappa shape index (κ2) is 10.2. The number of aliphatic imine (C=N–C) groups is 1. The second-order valence-electron chi connectivity index (χ2n) is 5.11. The molecule has 1 heterocycles. The molecule has 2 aromatic rings. The minimum atomic E-state index is 0. The number of hydrogen-bond donors (Lipinski definition) is 2. The van der Waals surface area contributed by atoms with Crippen molar-refractivity contribution in [2.75, 3.05) is 13.3 Å². The van der Waals surface area contributed by atoms with Crippen LogP contribution >= 0.6 is 47.1 Å². The van der Waals surface area contributed by atoms with Crippen molar-refractivity contribution in [3.05, 3.63) is 51.2 Å². The Morgan fingerprint density at radius 1 is 1.13 bits per heavy atom. The van der Waals surface area contributed by atoms with E-state index in [0.29, 0.717) is 0 Å². The smallest absolute Gasteiger partial charge is 0.191 e. The summed E-state index contributed by atoms with van der Waals surface area (Å²) in [6, 6.07) is 10.9. The summed E-state index contributed by atoms with van der Waals surface area (Å²) in [5, 5.41) is 6.75. The van der Waals surface area contributed by atoms with Gasteiger partial charge in [0.15, 0.2) is 5.96 Å². The zero-order valence-corrected chi connectivity index (χ0v) is 17.9. The second-order valence-corrected chi connectivity index (χ2v) is 7.33. The highest BCUT2D eigenvalue weighted by atomic mass is 127. The Hall–Kier alpha value is -0.730. The molecule has 23 heavy (non-hydrogen) atoms. The van der Waals surface area contributed by atoms with Gasteiger partial charge in [-0.25, -0.2) is 0 Å². The van der Waals surface area contributed by atoms with E-state index >= 15 is 0 Å². The van der Waals surface area contributed by atoms with Crippen LogP contribution in [0.25, 0.3) is 0 Å². The van der Waals surface area contributed by atoms with Gasteiger partial charge in [0.2, 0.25) is 0 Å². The fraction of sp³-hybridized carbons (Fsp3) is 0.353. The Morgan fingerprint density at radius 3 is 2.48 bits per heavy atom. The molecular formula is C17H24IN3S2. The van der Waals surface area contributed by atoms with E-state index in [1.807, 2.05) is 11.3 Å². The summed E-state index contributed by atoms with van der Waals surface area (Å²) >= 11 is 3.60. The molecular weight excluding hydrogens is 437 g/mol. The number of nitrogens with one attached hydrogen (secondary N) is 2. The average Bonchev–Trinajstić information content (AvgIpc) is 2.94. The standard InChI is InChI=1S/C17H23N3S2.HI/c1-12-5-7-14(16(9-12)21-4)10-19-17(18-3)20-11-15-8-6-13(2)22-15;/h5-9H,10-11H2,1-4H3,(H2,18,19,20);1H.